The average Bonchev–Trinajstić information content (AvgIpc) is 2.48. The highest BCUT2D eigenvalue weighted by Gasteiger charge is 2.06. The monoisotopic (exact) mass is 338 g/mol. The van der Waals surface area contributed by atoms with Gasteiger partial charge in [-0.05, 0) is 25.7 Å². The first kappa shape index (κ1) is 21.5. The summed E-state index contributed by atoms with van der Waals surface area (Å²) in [6.07, 6.45) is 14.6. The quantitative estimate of drug-likeness (QED) is 0.219. The second-order valence-corrected chi connectivity index (χ2v) is 7.32. The first-order valence-electron chi connectivity index (χ1n) is 9.06. The fraction of sp³-hybridized carbons (Fsp3) is 1.00. The predicted octanol–water partition coefficient (Wildman–Crippen LogP) is 6.94. The van der Waals surface area contributed by atoms with Crippen LogP contribution in [0, 0.1) is 0 Å². The van der Waals surface area contributed by atoms with Crippen LogP contribution in [0.25, 0.3) is 0 Å². The molecule has 0 amide bonds. The molecule has 0 fully saturated rings. The van der Waals surface area contributed by atoms with E-state index in [2.05, 4.69) is 13.8 Å². The lowest BCUT2D eigenvalue weighted by Gasteiger charge is -2.12. The molecule has 1 nitrogen and oxygen atoms in total. The van der Waals surface area contributed by atoms with Crippen molar-refractivity contribution in [2.45, 2.75) is 102 Å². The van der Waals surface area contributed by atoms with Gasteiger partial charge in [0, 0.05) is 24.0 Å². The van der Waals surface area contributed by atoms with Gasteiger partial charge in [-0.15, -0.1) is 23.2 Å². The molecule has 128 valence electrons. The molecule has 0 bridgehead atoms. The topological polar surface area (TPSA) is 9.23 Å². The minimum atomic E-state index is 0.280. The molecule has 0 aliphatic rings. The van der Waals surface area contributed by atoms with E-state index in [-0.39, 0.29) is 10.8 Å². The maximum atomic E-state index is 6.29. The minimum Gasteiger partial charge on any atom is -0.381 e. The van der Waals surface area contributed by atoms with Crippen molar-refractivity contribution >= 4 is 23.2 Å². The number of hydrogen-bond acceptors (Lipinski definition) is 1. The highest BCUT2D eigenvalue weighted by atomic mass is 35.5. The van der Waals surface area contributed by atoms with Crippen LogP contribution in [0.2, 0.25) is 0 Å². The van der Waals surface area contributed by atoms with Crippen LogP contribution in [0.15, 0.2) is 0 Å². The molecule has 0 saturated heterocycles. The van der Waals surface area contributed by atoms with Crippen molar-refractivity contribution < 1.29 is 4.74 Å². The Hall–Kier alpha value is 0.540. The maximum Gasteiger partial charge on any atom is 0.0480 e. The van der Waals surface area contributed by atoms with E-state index < -0.39 is 0 Å². The van der Waals surface area contributed by atoms with E-state index in [1.54, 1.807) is 0 Å². The zero-order valence-electron chi connectivity index (χ0n) is 14.2. The number of halogens is 2. The molecule has 0 aliphatic carbocycles. The molecule has 2 unspecified atom stereocenters. The maximum absolute atomic E-state index is 6.29. The number of ether oxygens (including phenoxy) is 1. The number of hydrogen-bond donors (Lipinski definition) is 0. The van der Waals surface area contributed by atoms with Crippen LogP contribution in [-0.2, 0) is 4.74 Å². The van der Waals surface area contributed by atoms with Crippen LogP contribution in [0.1, 0.15) is 90.9 Å². The van der Waals surface area contributed by atoms with Crippen molar-refractivity contribution in [3.63, 3.8) is 0 Å². The van der Waals surface area contributed by atoms with E-state index in [1.807, 2.05) is 0 Å². The van der Waals surface area contributed by atoms with E-state index in [1.165, 1.54) is 51.4 Å². The van der Waals surface area contributed by atoms with E-state index in [0.29, 0.717) is 0 Å². The van der Waals surface area contributed by atoms with Gasteiger partial charge < -0.3 is 4.74 Å². The first-order valence-corrected chi connectivity index (χ1v) is 9.93. The standard InChI is InChI=1S/C18H36Cl2O/c1-3-5-7-9-11-17(19)13-15-21-16-14-18(20)12-10-8-6-4-2/h17-18H,3-16H2,1-2H3. The van der Waals surface area contributed by atoms with Gasteiger partial charge in [-0.2, -0.15) is 0 Å². The van der Waals surface area contributed by atoms with Crippen LogP contribution in [-0.4, -0.2) is 24.0 Å². The van der Waals surface area contributed by atoms with Gasteiger partial charge in [0.05, 0.1) is 0 Å². The average molecular weight is 339 g/mol. The molecule has 3 heteroatoms. The molecule has 0 aliphatic heterocycles. The van der Waals surface area contributed by atoms with E-state index in [4.69, 9.17) is 27.9 Å². The third-order valence-corrected chi connectivity index (χ3v) is 4.77. The molecule has 0 rings (SSSR count). The lowest BCUT2D eigenvalue weighted by molar-refractivity contribution is 0.127. The molecule has 2 atom stereocenters. The summed E-state index contributed by atoms with van der Waals surface area (Å²) >= 11 is 12.6. The lowest BCUT2D eigenvalue weighted by Crippen LogP contribution is -2.09. The molecule has 0 saturated carbocycles. The van der Waals surface area contributed by atoms with Crippen LogP contribution < -0.4 is 0 Å². The molecule has 0 aromatic rings. The molecule has 0 heterocycles. The largest absolute Gasteiger partial charge is 0.381 e. The van der Waals surface area contributed by atoms with Gasteiger partial charge in [-0.25, -0.2) is 0 Å². The Kier molecular flexibility index (Phi) is 17.3. The summed E-state index contributed by atoms with van der Waals surface area (Å²) in [4.78, 5) is 0. The second-order valence-electron chi connectivity index (χ2n) is 6.08. The van der Waals surface area contributed by atoms with Gasteiger partial charge in [0.25, 0.3) is 0 Å². The lowest BCUT2D eigenvalue weighted by atomic mass is 10.1. The van der Waals surface area contributed by atoms with Gasteiger partial charge in [0.1, 0.15) is 0 Å². The zero-order valence-corrected chi connectivity index (χ0v) is 15.7. The molecule has 0 aromatic heterocycles. The number of unbranched alkanes of at least 4 members (excludes halogenated alkanes) is 6. The minimum absolute atomic E-state index is 0.280. The number of rotatable bonds is 16. The fourth-order valence-corrected chi connectivity index (χ4v) is 2.89. The van der Waals surface area contributed by atoms with Gasteiger partial charge >= 0.3 is 0 Å². The van der Waals surface area contributed by atoms with Crippen molar-refractivity contribution in [3.8, 4) is 0 Å². The Balaban J connectivity index is 3.26. The van der Waals surface area contributed by atoms with Gasteiger partial charge in [0.15, 0.2) is 0 Å². The summed E-state index contributed by atoms with van der Waals surface area (Å²) in [6, 6.07) is 0. The molecular weight excluding hydrogens is 303 g/mol. The van der Waals surface area contributed by atoms with Gasteiger partial charge in [-0.3, -0.25) is 0 Å². The SMILES string of the molecule is CCCCCCC(Cl)CCOCCC(Cl)CCCCCC. The van der Waals surface area contributed by atoms with Crippen molar-refractivity contribution in [2.75, 3.05) is 13.2 Å². The van der Waals surface area contributed by atoms with Crippen molar-refractivity contribution in [1.29, 1.82) is 0 Å². The fourth-order valence-electron chi connectivity index (χ4n) is 2.40. The molecule has 21 heavy (non-hydrogen) atoms. The van der Waals surface area contributed by atoms with Gasteiger partial charge in [0.2, 0.25) is 0 Å². The third-order valence-electron chi connectivity index (χ3n) is 3.89. The van der Waals surface area contributed by atoms with Crippen molar-refractivity contribution in [2.24, 2.45) is 0 Å². The van der Waals surface area contributed by atoms with Crippen molar-refractivity contribution in [3.05, 3.63) is 0 Å². The molecule has 0 N–H and O–H groups in total. The Bertz CT molecular complexity index is 180. The van der Waals surface area contributed by atoms with E-state index >= 15 is 0 Å². The van der Waals surface area contributed by atoms with E-state index in [9.17, 15) is 0 Å². The van der Waals surface area contributed by atoms with Gasteiger partial charge in [-0.1, -0.05) is 65.2 Å². The summed E-state index contributed by atoms with van der Waals surface area (Å²) < 4.78 is 5.66. The summed E-state index contributed by atoms with van der Waals surface area (Å²) in [5, 5.41) is 0.561. The van der Waals surface area contributed by atoms with Crippen molar-refractivity contribution in [1.82, 2.24) is 0 Å². The summed E-state index contributed by atoms with van der Waals surface area (Å²) in [6.45, 7) is 6.03. The predicted molar refractivity (Wildman–Crippen MR) is 96.9 cm³/mol. The highest BCUT2D eigenvalue weighted by Crippen LogP contribution is 2.15. The Labute approximate surface area is 143 Å². The first-order chi connectivity index (χ1) is 10.2. The normalized spacial score (nSPS) is 14.3. The third kappa shape index (κ3) is 16.7. The summed E-state index contributed by atoms with van der Waals surface area (Å²) in [7, 11) is 0. The second kappa shape index (κ2) is 16.9. The van der Waals surface area contributed by atoms with E-state index in [0.717, 1.165) is 38.9 Å². The summed E-state index contributed by atoms with van der Waals surface area (Å²) in [5.41, 5.74) is 0. The zero-order chi connectivity index (χ0) is 15.8. The number of alkyl halides is 2. The van der Waals surface area contributed by atoms with Crippen LogP contribution in [0.3, 0.4) is 0 Å². The Morgan fingerprint density at radius 1 is 0.619 bits per heavy atom. The smallest absolute Gasteiger partial charge is 0.0480 e. The molecule has 0 aromatic carbocycles. The molecule has 0 radical (unpaired) electrons. The van der Waals surface area contributed by atoms with Crippen LogP contribution in [0.5, 0.6) is 0 Å². The summed E-state index contributed by atoms with van der Waals surface area (Å²) in [5.74, 6) is 0. The highest BCUT2D eigenvalue weighted by molar-refractivity contribution is 6.20. The molecular formula is C18H36Cl2O. The Morgan fingerprint density at radius 2 is 1.05 bits per heavy atom. The van der Waals surface area contributed by atoms with Crippen LogP contribution >= 0.6 is 23.2 Å². The molecule has 0 spiro atoms. The van der Waals surface area contributed by atoms with Crippen LogP contribution in [0.4, 0.5) is 0 Å². The Morgan fingerprint density at radius 3 is 1.43 bits per heavy atom.